The van der Waals surface area contributed by atoms with Crippen molar-refractivity contribution in [3.8, 4) is 0 Å². The number of hydrogen-bond donors (Lipinski definition) is 2. The van der Waals surface area contributed by atoms with Gasteiger partial charge in [0.25, 0.3) is 0 Å². The van der Waals surface area contributed by atoms with E-state index in [9.17, 15) is 9.90 Å². The third-order valence-corrected chi connectivity index (χ3v) is 3.82. The van der Waals surface area contributed by atoms with Gasteiger partial charge in [-0.15, -0.1) is 0 Å². The van der Waals surface area contributed by atoms with E-state index in [1.54, 1.807) is 0 Å². The van der Waals surface area contributed by atoms with Gasteiger partial charge in [0.15, 0.2) is 0 Å². The molecule has 2 N–H and O–H groups in total. The van der Waals surface area contributed by atoms with Gasteiger partial charge in [0.2, 0.25) is 5.91 Å². The SMILES string of the molecule is COCC(O)CNC(=O)C(C)(C)C1CCCC1. The Kier molecular flexibility index (Phi) is 5.40. The van der Waals surface area contributed by atoms with E-state index < -0.39 is 6.10 Å². The Morgan fingerprint density at radius 1 is 1.47 bits per heavy atom. The first-order valence-electron chi connectivity index (χ1n) is 6.43. The quantitative estimate of drug-likeness (QED) is 0.740. The molecule has 1 unspecified atom stereocenters. The summed E-state index contributed by atoms with van der Waals surface area (Å²) in [6.45, 7) is 4.52. The average molecular weight is 243 g/mol. The van der Waals surface area contributed by atoms with Crippen LogP contribution in [0.4, 0.5) is 0 Å². The number of rotatable bonds is 6. The van der Waals surface area contributed by atoms with Crippen LogP contribution in [0.2, 0.25) is 0 Å². The van der Waals surface area contributed by atoms with E-state index in [0.717, 1.165) is 12.8 Å². The Hall–Kier alpha value is -0.610. The lowest BCUT2D eigenvalue weighted by Crippen LogP contribution is -2.44. The minimum Gasteiger partial charge on any atom is -0.389 e. The van der Waals surface area contributed by atoms with Crippen molar-refractivity contribution in [1.29, 1.82) is 0 Å². The minimum absolute atomic E-state index is 0.0413. The molecule has 0 bridgehead atoms. The van der Waals surface area contributed by atoms with Crippen molar-refractivity contribution in [2.24, 2.45) is 11.3 Å². The van der Waals surface area contributed by atoms with E-state index in [2.05, 4.69) is 5.32 Å². The molecule has 0 aromatic rings. The lowest BCUT2D eigenvalue weighted by Gasteiger charge is -2.30. The lowest BCUT2D eigenvalue weighted by atomic mass is 9.77. The second-order valence-corrected chi connectivity index (χ2v) is 5.52. The molecule has 0 aliphatic heterocycles. The highest BCUT2D eigenvalue weighted by atomic mass is 16.5. The highest BCUT2D eigenvalue weighted by Crippen LogP contribution is 2.39. The van der Waals surface area contributed by atoms with Crippen molar-refractivity contribution in [3.63, 3.8) is 0 Å². The molecule has 1 saturated carbocycles. The van der Waals surface area contributed by atoms with Gasteiger partial charge in [0.05, 0.1) is 12.7 Å². The van der Waals surface area contributed by atoms with E-state index >= 15 is 0 Å². The summed E-state index contributed by atoms with van der Waals surface area (Å²) in [5, 5.41) is 12.3. The first-order valence-corrected chi connectivity index (χ1v) is 6.43. The van der Waals surface area contributed by atoms with E-state index in [-0.39, 0.29) is 24.5 Å². The Morgan fingerprint density at radius 2 is 2.06 bits per heavy atom. The number of methoxy groups -OCH3 is 1. The molecule has 1 amide bonds. The molecule has 100 valence electrons. The zero-order valence-electron chi connectivity index (χ0n) is 11.2. The van der Waals surface area contributed by atoms with Crippen LogP contribution >= 0.6 is 0 Å². The van der Waals surface area contributed by atoms with Crippen LogP contribution in [0.5, 0.6) is 0 Å². The van der Waals surface area contributed by atoms with Gasteiger partial charge < -0.3 is 15.2 Å². The second kappa shape index (κ2) is 6.36. The molecule has 1 atom stereocenters. The van der Waals surface area contributed by atoms with Crippen molar-refractivity contribution in [1.82, 2.24) is 5.32 Å². The van der Waals surface area contributed by atoms with Gasteiger partial charge in [-0.1, -0.05) is 26.7 Å². The average Bonchev–Trinajstić information content (AvgIpc) is 2.80. The first kappa shape index (κ1) is 14.5. The van der Waals surface area contributed by atoms with Crippen LogP contribution < -0.4 is 5.32 Å². The molecule has 0 aromatic carbocycles. The maximum Gasteiger partial charge on any atom is 0.226 e. The summed E-state index contributed by atoms with van der Waals surface area (Å²) in [6, 6.07) is 0. The number of ether oxygens (including phenoxy) is 1. The number of amides is 1. The van der Waals surface area contributed by atoms with Crippen molar-refractivity contribution in [2.45, 2.75) is 45.6 Å². The molecule has 17 heavy (non-hydrogen) atoms. The van der Waals surface area contributed by atoms with Crippen LogP contribution in [0.1, 0.15) is 39.5 Å². The molecule has 0 radical (unpaired) electrons. The van der Waals surface area contributed by atoms with E-state index in [0.29, 0.717) is 5.92 Å². The van der Waals surface area contributed by atoms with Crippen molar-refractivity contribution in [2.75, 3.05) is 20.3 Å². The van der Waals surface area contributed by atoms with Gasteiger partial charge in [-0.05, 0) is 18.8 Å². The summed E-state index contributed by atoms with van der Waals surface area (Å²) in [4.78, 5) is 12.1. The summed E-state index contributed by atoms with van der Waals surface area (Å²) in [7, 11) is 1.54. The zero-order valence-corrected chi connectivity index (χ0v) is 11.2. The summed E-state index contributed by atoms with van der Waals surface area (Å²) in [5.41, 5.74) is -0.330. The predicted octanol–water partition coefficient (Wildman–Crippen LogP) is 1.33. The Balaban J connectivity index is 2.39. The third-order valence-electron chi connectivity index (χ3n) is 3.82. The van der Waals surface area contributed by atoms with Gasteiger partial charge in [0, 0.05) is 19.1 Å². The van der Waals surface area contributed by atoms with Crippen LogP contribution in [-0.2, 0) is 9.53 Å². The topological polar surface area (TPSA) is 58.6 Å². The van der Waals surface area contributed by atoms with Crippen molar-refractivity contribution >= 4 is 5.91 Å². The van der Waals surface area contributed by atoms with Crippen LogP contribution in [-0.4, -0.2) is 37.4 Å². The van der Waals surface area contributed by atoms with Crippen LogP contribution in [0.3, 0.4) is 0 Å². The molecule has 1 rings (SSSR count). The second-order valence-electron chi connectivity index (χ2n) is 5.52. The molecule has 4 heteroatoms. The van der Waals surface area contributed by atoms with E-state index in [1.165, 1.54) is 20.0 Å². The Bertz CT molecular complexity index is 247. The third kappa shape index (κ3) is 3.96. The predicted molar refractivity (Wildman–Crippen MR) is 66.6 cm³/mol. The molecule has 1 fully saturated rings. The van der Waals surface area contributed by atoms with Crippen LogP contribution in [0, 0.1) is 11.3 Å². The smallest absolute Gasteiger partial charge is 0.226 e. The van der Waals surface area contributed by atoms with E-state index in [1.807, 2.05) is 13.8 Å². The fourth-order valence-corrected chi connectivity index (χ4v) is 2.52. The molecule has 0 aromatic heterocycles. The molecule has 1 aliphatic rings. The Morgan fingerprint density at radius 3 is 2.59 bits per heavy atom. The summed E-state index contributed by atoms with van der Waals surface area (Å²) >= 11 is 0. The number of aliphatic hydroxyl groups excluding tert-OH is 1. The van der Waals surface area contributed by atoms with Gasteiger partial charge >= 0.3 is 0 Å². The maximum atomic E-state index is 12.1. The number of carbonyl (C=O) groups is 1. The number of aliphatic hydroxyl groups is 1. The monoisotopic (exact) mass is 243 g/mol. The van der Waals surface area contributed by atoms with Crippen molar-refractivity contribution < 1.29 is 14.6 Å². The standard InChI is InChI=1S/C13H25NO3/c1-13(2,10-6-4-5-7-10)12(16)14-8-11(15)9-17-3/h10-11,15H,4-9H2,1-3H3,(H,14,16). The van der Waals surface area contributed by atoms with E-state index in [4.69, 9.17) is 4.74 Å². The van der Waals surface area contributed by atoms with Gasteiger partial charge in [-0.3, -0.25) is 4.79 Å². The Labute approximate surface area is 104 Å². The van der Waals surface area contributed by atoms with Crippen LogP contribution in [0.25, 0.3) is 0 Å². The molecule has 0 heterocycles. The summed E-state index contributed by atoms with van der Waals surface area (Å²) in [5.74, 6) is 0.515. The normalized spacial score (nSPS) is 19.3. The number of nitrogens with one attached hydrogen (secondary N) is 1. The summed E-state index contributed by atoms with van der Waals surface area (Å²) < 4.78 is 4.82. The minimum atomic E-state index is -0.622. The number of hydrogen-bond acceptors (Lipinski definition) is 3. The van der Waals surface area contributed by atoms with Crippen LogP contribution in [0.15, 0.2) is 0 Å². The highest BCUT2D eigenvalue weighted by Gasteiger charge is 2.37. The molecular formula is C13H25NO3. The zero-order chi connectivity index (χ0) is 12.9. The van der Waals surface area contributed by atoms with Gasteiger partial charge in [-0.25, -0.2) is 0 Å². The number of carbonyl (C=O) groups excluding carboxylic acids is 1. The molecule has 1 aliphatic carbocycles. The molecular weight excluding hydrogens is 218 g/mol. The lowest BCUT2D eigenvalue weighted by molar-refractivity contribution is -0.132. The molecule has 0 spiro atoms. The largest absolute Gasteiger partial charge is 0.389 e. The first-order chi connectivity index (χ1) is 7.98. The van der Waals surface area contributed by atoms with Gasteiger partial charge in [0.1, 0.15) is 0 Å². The molecule has 4 nitrogen and oxygen atoms in total. The summed E-state index contributed by atoms with van der Waals surface area (Å²) in [6.07, 6.45) is 4.12. The maximum absolute atomic E-state index is 12.1. The van der Waals surface area contributed by atoms with Crippen molar-refractivity contribution in [3.05, 3.63) is 0 Å². The fraction of sp³-hybridized carbons (Fsp3) is 0.923. The highest BCUT2D eigenvalue weighted by molar-refractivity contribution is 5.82. The van der Waals surface area contributed by atoms with Gasteiger partial charge in [-0.2, -0.15) is 0 Å². The molecule has 0 saturated heterocycles. The fourth-order valence-electron chi connectivity index (χ4n) is 2.52.